The Hall–Kier alpha value is -2.47. The van der Waals surface area contributed by atoms with Crippen molar-refractivity contribution < 1.29 is 4.92 Å². The third-order valence-corrected chi connectivity index (χ3v) is 2.88. The maximum absolute atomic E-state index is 10.7. The van der Waals surface area contributed by atoms with Crippen LogP contribution in [0.4, 0.5) is 17.1 Å². The summed E-state index contributed by atoms with van der Waals surface area (Å²) in [6.07, 6.45) is 0. The number of para-hydroxylation sites is 1. The lowest BCUT2D eigenvalue weighted by Gasteiger charge is -2.10. The van der Waals surface area contributed by atoms with Crippen molar-refractivity contribution in [2.45, 2.75) is 6.92 Å². The lowest BCUT2D eigenvalue weighted by atomic mass is 9.95. The molecule has 1 aromatic carbocycles. The summed E-state index contributed by atoms with van der Waals surface area (Å²) in [6, 6.07) is 13.1. The van der Waals surface area contributed by atoms with Gasteiger partial charge in [-0.1, -0.05) is 42.5 Å². The van der Waals surface area contributed by atoms with E-state index in [1.165, 1.54) is 17.2 Å². The molecule has 0 atom stereocenters. The van der Waals surface area contributed by atoms with E-state index < -0.39 is 4.92 Å². The fourth-order valence-electron chi connectivity index (χ4n) is 1.72. The lowest BCUT2D eigenvalue weighted by molar-refractivity contribution is -0.382. The number of hydrogen-bond donors (Lipinski definition) is 2. The molecule has 0 spiro atoms. The number of nitro groups is 1. The third-order valence-electron chi connectivity index (χ3n) is 2.78. The van der Waals surface area contributed by atoms with Crippen molar-refractivity contribution in [1.29, 1.82) is 0 Å². The molecule has 20 heavy (non-hydrogen) atoms. The first-order chi connectivity index (χ1) is 9.49. The Bertz CT molecular complexity index is 648. The van der Waals surface area contributed by atoms with Gasteiger partial charge in [0.2, 0.25) is 0 Å². The first kappa shape index (κ1) is 14.0. The molecule has 0 bridgehead atoms. The highest BCUT2D eigenvalue weighted by Gasteiger charge is 2.17. The number of nitrogens with zero attached hydrogens (tertiary/aromatic N) is 1. The van der Waals surface area contributed by atoms with E-state index in [4.69, 9.17) is 18.0 Å². The van der Waals surface area contributed by atoms with Gasteiger partial charge in [-0.2, -0.15) is 0 Å². The fraction of sp³-hybridized carbons (Fsp3) is 0.0714. The van der Waals surface area contributed by atoms with E-state index in [0.717, 1.165) is 0 Å². The van der Waals surface area contributed by atoms with E-state index in [-0.39, 0.29) is 11.4 Å². The normalized spacial score (nSPS) is 10.1. The van der Waals surface area contributed by atoms with Crippen molar-refractivity contribution in [3.8, 4) is 11.1 Å². The Morgan fingerprint density at radius 3 is 2.10 bits per heavy atom. The van der Waals surface area contributed by atoms with Crippen molar-refractivity contribution in [3.63, 3.8) is 0 Å². The summed E-state index contributed by atoms with van der Waals surface area (Å²) in [5.41, 5.74) is 8.63. The summed E-state index contributed by atoms with van der Waals surface area (Å²) in [5, 5.41) is 13.4. The summed E-state index contributed by atoms with van der Waals surface area (Å²) in [7, 11) is 0. The van der Waals surface area contributed by atoms with E-state index in [2.05, 4.69) is 29.6 Å². The number of anilines is 2. The zero-order chi connectivity index (χ0) is 14.7. The standard InChI is InChI=1S/C8H9N3O2S.C6H4/c1-5(14)10-7-4-2-3-6(9)8(7)11(12)13;1-2-6-4-3-5(1)6/h2-4H,9H2,1H3,(H,10,14);1-4H. The average molecular weight is 287 g/mol. The van der Waals surface area contributed by atoms with Crippen molar-refractivity contribution in [2.24, 2.45) is 0 Å². The smallest absolute Gasteiger partial charge is 0.315 e. The van der Waals surface area contributed by atoms with Gasteiger partial charge in [0, 0.05) is 0 Å². The molecule has 2 aliphatic rings. The predicted octanol–water partition coefficient (Wildman–Crippen LogP) is 3.60. The molecule has 5 nitrogen and oxygen atoms in total. The number of nitro benzene ring substituents is 1. The van der Waals surface area contributed by atoms with Crippen LogP contribution in [0.1, 0.15) is 6.92 Å². The molecule has 0 heterocycles. The molecule has 6 heteroatoms. The first-order valence-electron chi connectivity index (χ1n) is 5.90. The summed E-state index contributed by atoms with van der Waals surface area (Å²) in [4.78, 5) is 10.6. The topological polar surface area (TPSA) is 81.2 Å². The second-order valence-corrected chi connectivity index (χ2v) is 4.87. The van der Waals surface area contributed by atoms with E-state index in [0.29, 0.717) is 10.7 Å². The maximum Gasteiger partial charge on any atom is 0.315 e. The van der Waals surface area contributed by atoms with Crippen molar-refractivity contribution in [1.82, 2.24) is 0 Å². The van der Waals surface area contributed by atoms with Crippen LogP contribution < -0.4 is 11.1 Å². The molecule has 0 aromatic heterocycles. The zero-order valence-corrected chi connectivity index (χ0v) is 11.6. The Balaban J connectivity index is 0.000000198. The molecule has 3 N–H and O–H groups in total. The molecule has 3 rings (SSSR count). The van der Waals surface area contributed by atoms with Crippen LogP contribution in [-0.4, -0.2) is 9.91 Å². The van der Waals surface area contributed by atoms with Gasteiger partial charge in [0.05, 0.1) is 9.91 Å². The highest BCUT2D eigenvalue weighted by molar-refractivity contribution is 7.80. The minimum Gasteiger partial charge on any atom is -0.393 e. The molecular formula is C14H13N3O2S. The van der Waals surface area contributed by atoms with Gasteiger partial charge < -0.3 is 11.1 Å². The Morgan fingerprint density at radius 2 is 1.75 bits per heavy atom. The first-order valence-corrected chi connectivity index (χ1v) is 6.31. The molecule has 1 aromatic rings. The van der Waals surface area contributed by atoms with Gasteiger partial charge in [-0.05, 0) is 30.2 Å². The minimum atomic E-state index is -0.532. The number of nitrogen functional groups attached to an aromatic ring is 1. The number of hydrogen-bond acceptors (Lipinski definition) is 4. The van der Waals surface area contributed by atoms with Crippen LogP contribution in [0.15, 0.2) is 42.5 Å². The van der Waals surface area contributed by atoms with Gasteiger partial charge in [0.25, 0.3) is 0 Å². The van der Waals surface area contributed by atoms with Gasteiger partial charge in [0.15, 0.2) is 0 Å². The molecule has 2 aliphatic carbocycles. The van der Waals surface area contributed by atoms with Crippen LogP contribution in [-0.2, 0) is 0 Å². The summed E-state index contributed by atoms with van der Waals surface area (Å²) >= 11 is 4.79. The second-order valence-electron chi connectivity index (χ2n) is 4.26. The summed E-state index contributed by atoms with van der Waals surface area (Å²) in [5.74, 6) is 0. The molecule has 0 saturated heterocycles. The molecule has 102 valence electrons. The van der Waals surface area contributed by atoms with E-state index in [9.17, 15) is 10.1 Å². The molecule has 0 saturated carbocycles. The number of nitrogens with two attached hydrogens (primary N) is 1. The Kier molecular flexibility index (Phi) is 3.95. The minimum absolute atomic E-state index is 0.122. The fourth-order valence-corrected chi connectivity index (χ4v) is 1.83. The van der Waals surface area contributed by atoms with Gasteiger partial charge in [0.1, 0.15) is 11.4 Å². The van der Waals surface area contributed by atoms with Gasteiger partial charge in [-0.15, -0.1) is 0 Å². The number of fused-ring (bicyclic) bond motifs is 1. The predicted molar refractivity (Wildman–Crippen MR) is 84.8 cm³/mol. The van der Waals surface area contributed by atoms with Crippen LogP contribution >= 0.6 is 12.2 Å². The molecule has 0 radical (unpaired) electrons. The zero-order valence-electron chi connectivity index (χ0n) is 10.8. The second kappa shape index (κ2) is 5.66. The monoisotopic (exact) mass is 287 g/mol. The van der Waals surface area contributed by atoms with Crippen molar-refractivity contribution in [3.05, 3.63) is 52.6 Å². The highest BCUT2D eigenvalue weighted by atomic mass is 32.1. The number of benzene rings is 2. The SMILES string of the molecule is CC(=S)Nc1cccc(N)c1[N+](=O)[O-].c1cc2ccc1-2. The van der Waals surface area contributed by atoms with Crippen LogP contribution in [0.5, 0.6) is 0 Å². The van der Waals surface area contributed by atoms with Crippen LogP contribution in [0.3, 0.4) is 0 Å². The molecule has 0 fully saturated rings. The Labute approximate surface area is 121 Å². The molecule has 0 amide bonds. The maximum atomic E-state index is 10.7. The van der Waals surface area contributed by atoms with Crippen LogP contribution in [0.25, 0.3) is 11.1 Å². The van der Waals surface area contributed by atoms with Crippen molar-refractivity contribution in [2.75, 3.05) is 11.1 Å². The summed E-state index contributed by atoms with van der Waals surface area (Å²) < 4.78 is 0. The van der Waals surface area contributed by atoms with Gasteiger partial charge >= 0.3 is 5.69 Å². The highest BCUT2D eigenvalue weighted by Crippen LogP contribution is 2.30. The number of rotatable bonds is 2. The van der Waals surface area contributed by atoms with E-state index in [1.807, 2.05) is 0 Å². The lowest BCUT2D eigenvalue weighted by Crippen LogP contribution is -2.07. The van der Waals surface area contributed by atoms with Gasteiger partial charge in [-0.25, -0.2) is 0 Å². The number of thiocarbonyl (C=S) groups is 1. The van der Waals surface area contributed by atoms with E-state index in [1.54, 1.807) is 19.1 Å². The largest absolute Gasteiger partial charge is 0.393 e. The number of nitrogens with one attached hydrogen (secondary N) is 1. The van der Waals surface area contributed by atoms with Gasteiger partial charge in [-0.3, -0.25) is 10.1 Å². The Morgan fingerprint density at radius 1 is 1.20 bits per heavy atom. The van der Waals surface area contributed by atoms with Crippen LogP contribution in [0.2, 0.25) is 0 Å². The molecule has 0 aliphatic heterocycles. The van der Waals surface area contributed by atoms with E-state index >= 15 is 0 Å². The third kappa shape index (κ3) is 2.92. The van der Waals surface area contributed by atoms with Crippen molar-refractivity contribution >= 4 is 34.3 Å². The van der Waals surface area contributed by atoms with Crippen LogP contribution in [0, 0.1) is 10.1 Å². The molecule has 0 unspecified atom stereocenters. The average Bonchev–Trinajstić information content (AvgIpc) is 2.33. The summed E-state index contributed by atoms with van der Waals surface area (Å²) in [6.45, 7) is 1.64. The molecular weight excluding hydrogens is 274 g/mol. The quantitative estimate of drug-likeness (QED) is 0.326.